The number of furan rings is 1. The summed E-state index contributed by atoms with van der Waals surface area (Å²) in [6, 6.07) is 13.0. The number of aromatic nitrogens is 4. The van der Waals surface area contributed by atoms with Crippen LogP contribution >= 0.6 is 11.8 Å². The molecule has 0 unspecified atom stereocenters. The zero-order valence-corrected chi connectivity index (χ0v) is 22.1. The van der Waals surface area contributed by atoms with Crippen LogP contribution in [0.2, 0.25) is 0 Å². The number of likely N-dealkylation sites (tertiary alicyclic amines) is 1. The summed E-state index contributed by atoms with van der Waals surface area (Å²) in [5.74, 6) is 3.14. The Morgan fingerprint density at radius 1 is 1.13 bits per heavy atom. The molecule has 1 aliphatic rings. The van der Waals surface area contributed by atoms with Crippen LogP contribution in [0.5, 0.6) is 0 Å². The predicted octanol–water partition coefficient (Wildman–Crippen LogP) is 4.25. The van der Waals surface area contributed by atoms with E-state index in [4.69, 9.17) is 9.40 Å². The van der Waals surface area contributed by atoms with Crippen molar-refractivity contribution in [1.29, 1.82) is 0 Å². The van der Waals surface area contributed by atoms with Gasteiger partial charge in [-0.3, -0.25) is 14.6 Å². The molecule has 1 N–H and O–H groups in total. The normalized spacial score (nSPS) is 14.0. The van der Waals surface area contributed by atoms with E-state index in [-0.39, 0.29) is 17.7 Å². The van der Waals surface area contributed by atoms with Gasteiger partial charge in [-0.1, -0.05) is 0 Å². The number of pyridine rings is 2. The number of nitrogens with one attached hydrogen (secondary N) is 1. The van der Waals surface area contributed by atoms with E-state index >= 15 is 0 Å². The molecule has 5 heterocycles. The maximum absolute atomic E-state index is 13.1. The van der Waals surface area contributed by atoms with Gasteiger partial charge in [-0.05, 0) is 62.2 Å². The first-order valence-corrected chi connectivity index (χ1v) is 13.8. The standard InChI is InChI=1S/C28H30N6O3S/c1-20-5-7-24(27(35)29-12-17-38-19-23-4-2-16-37-23)26(32-20)21-9-14-33(15-10-21)28(36)22-6-8-25(30-18-22)34-13-3-11-31-34/h2-8,11,13,16,18,21H,9-10,12,14-15,17,19H2,1H3,(H,29,35). The molecular formula is C28H30N6O3S. The molecule has 1 aliphatic heterocycles. The summed E-state index contributed by atoms with van der Waals surface area (Å²) >= 11 is 1.71. The van der Waals surface area contributed by atoms with E-state index in [1.165, 1.54) is 0 Å². The van der Waals surface area contributed by atoms with E-state index in [1.807, 2.05) is 48.4 Å². The van der Waals surface area contributed by atoms with Gasteiger partial charge in [0.25, 0.3) is 11.8 Å². The summed E-state index contributed by atoms with van der Waals surface area (Å²) in [5, 5.41) is 7.20. The second-order valence-electron chi connectivity index (χ2n) is 9.20. The third kappa shape index (κ3) is 6.13. The van der Waals surface area contributed by atoms with Crippen LogP contribution in [0.4, 0.5) is 0 Å². The van der Waals surface area contributed by atoms with Gasteiger partial charge in [-0.15, -0.1) is 0 Å². The van der Waals surface area contributed by atoms with E-state index < -0.39 is 0 Å². The second kappa shape index (κ2) is 12.1. The number of rotatable bonds is 9. The number of hydrogen-bond acceptors (Lipinski definition) is 7. The van der Waals surface area contributed by atoms with Crippen LogP contribution in [-0.2, 0) is 5.75 Å². The molecule has 38 heavy (non-hydrogen) atoms. The summed E-state index contributed by atoms with van der Waals surface area (Å²) in [6.45, 7) is 3.71. The Bertz CT molecular complexity index is 1350. The quantitative estimate of drug-likeness (QED) is 0.323. The topological polar surface area (TPSA) is 106 Å². The van der Waals surface area contributed by atoms with E-state index in [0.29, 0.717) is 36.6 Å². The molecule has 196 valence electrons. The number of piperidine rings is 1. The SMILES string of the molecule is Cc1ccc(C(=O)NCCSCc2ccco2)c(C2CCN(C(=O)c3ccc(-n4cccn4)nc3)CC2)n1. The average molecular weight is 531 g/mol. The summed E-state index contributed by atoms with van der Waals surface area (Å²) in [6.07, 6.45) is 8.27. The Balaban J connectivity index is 1.16. The van der Waals surface area contributed by atoms with Gasteiger partial charge in [0, 0.05) is 55.6 Å². The van der Waals surface area contributed by atoms with Gasteiger partial charge in [0.1, 0.15) is 5.76 Å². The largest absolute Gasteiger partial charge is 0.468 e. The van der Waals surface area contributed by atoms with Crippen LogP contribution < -0.4 is 5.32 Å². The molecule has 4 aromatic rings. The first kappa shape index (κ1) is 25.7. The van der Waals surface area contributed by atoms with Crippen molar-refractivity contribution in [2.45, 2.75) is 31.4 Å². The zero-order valence-electron chi connectivity index (χ0n) is 21.2. The summed E-state index contributed by atoms with van der Waals surface area (Å²) < 4.78 is 7.00. The number of carbonyl (C=O) groups is 2. The molecule has 9 nitrogen and oxygen atoms in total. The first-order valence-electron chi connectivity index (χ1n) is 12.7. The maximum atomic E-state index is 13.1. The van der Waals surface area contributed by atoms with Crippen molar-refractivity contribution in [2.24, 2.45) is 0 Å². The van der Waals surface area contributed by atoms with Gasteiger partial charge in [0.2, 0.25) is 0 Å². The number of amides is 2. The molecule has 5 rings (SSSR count). The van der Waals surface area contributed by atoms with Crippen LogP contribution in [0, 0.1) is 6.92 Å². The molecule has 0 radical (unpaired) electrons. The fourth-order valence-electron chi connectivity index (χ4n) is 4.57. The van der Waals surface area contributed by atoms with E-state index in [0.717, 1.165) is 41.5 Å². The molecule has 0 aromatic carbocycles. The van der Waals surface area contributed by atoms with Gasteiger partial charge in [0.05, 0.1) is 28.8 Å². The van der Waals surface area contributed by atoms with Gasteiger partial charge in [0.15, 0.2) is 5.82 Å². The summed E-state index contributed by atoms with van der Waals surface area (Å²) in [5.41, 5.74) is 2.88. The zero-order chi connectivity index (χ0) is 26.3. The number of hydrogen-bond donors (Lipinski definition) is 1. The fraction of sp³-hybridized carbons (Fsp3) is 0.321. The molecule has 2 amide bonds. The number of aryl methyl sites for hydroxylation is 1. The Morgan fingerprint density at radius 2 is 2.00 bits per heavy atom. The van der Waals surface area contributed by atoms with Crippen molar-refractivity contribution in [1.82, 2.24) is 30.0 Å². The van der Waals surface area contributed by atoms with Crippen molar-refractivity contribution in [3.05, 3.63) is 95.6 Å². The highest BCUT2D eigenvalue weighted by Gasteiger charge is 2.28. The average Bonchev–Trinajstić information content (AvgIpc) is 3.68. The van der Waals surface area contributed by atoms with Crippen molar-refractivity contribution in [3.63, 3.8) is 0 Å². The van der Waals surface area contributed by atoms with Crippen LogP contribution in [0.1, 0.15) is 56.6 Å². The van der Waals surface area contributed by atoms with Crippen LogP contribution in [0.15, 0.2) is 71.7 Å². The lowest BCUT2D eigenvalue weighted by molar-refractivity contribution is 0.0710. The van der Waals surface area contributed by atoms with Crippen LogP contribution in [-0.4, -0.2) is 61.8 Å². The highest BCUT2D eigenvalue weighted by atomic mass is 32.2. The minimum absolute atomic E-state index is 0.0369. The number of nitrogens with zero attached hydrogens (tertiary/aromatic N) is 5. The second-order valence-corrected chi connectivity index (χ2v) is 10.3. The number of carbonyl (C=O) groups excluding carboxylic acids is 2. The van der Waals surface area contributed by atoms with Crippen molar-refractivity contribution >= 4 is 23.6 Å². The lowest BCUT2D eigenvalue weighted by atomic mass is 9.89. The third-order valence-corrected chi connectivity index (χ3v) is 7.55. The molecule has 0 atom stereocenters. The predicted molar refractivity (Wildman–Crippen MR) is 145 cm³/mol. The highest BCUT2D eigenvalue weighted by Crippen LogP contribution is 2.30. The minimum Gasteiger partial charge on any atom is -0.468 e. The van der Waals surface area contributed by atoms with Crippen molar-refractivity contribution in [3.8, 4) is 5.82 Å². The van der Waals surface area contributed by atoms with Gasteiger partial charge in [-0.25, -0.2) is 9.67 Å². The molecule has 0 saturated carbocycles. The minimum atomic E-state index is -0.104. The van der Waals surface area contributed by atoms with Crippen molar-refractivity contribution in [2.75, 3.05) is 25.4 Å². The molecule has 1 saturated heterocycles. The lowest BCUT2D eigenvalue weighted by Gasteiger charge is -2.32. The Hall–Kier alpha value is -3.92. The van der Waals surface area contributed by atoms with Crippen LogP contribution in [0.25, 0.3) is 5.82 Å². The van der Waals surface area contributed by atoms with E-state index in [1.54, 1.807) is 47.2 Å². The maximum Gasteiger partial charge on any atom is 0.255 e. The first-order chi connectivity index (χ1) is 18.6. The molecule has 0 aliphatic carbocycles. The summed E-state index contributed by atoms with van der Waals surface area (Å²) in [4.78, 5) is 37.1. The van der Waals surface area contributed by atoms with Gasteiger partial charge >= 0.3 is 0 Å². The van der Waals surface area contributed by atoms with Crippen LogP contribution in [0.3, 0.4) is 0 Å². The Labute approximate surface area is 225 Å². The summed E-state index contributed by atoms with van der Waals surface area (Å²) in [7, 11) is 0. The molecule has 10 heteroatoms. The Kier molecular flexibility index (Phi) is 8.18. The smallest absolute Gasteiger partial charge is 0.255 e. The molecular weight excluding hydrogens is 500 g/mol. The number of thioether (sulfide) groups is 1. The molecule has 4 aromatic heterocycles. The van der Waals surface area contributed by atoms with Crippen molar-refractivity contribution < 1.29 is 14.0 Å². The molecule has 0 spiro atoms. The highest BCUT2D eigenvalue weighted by molar-refractivity contribution is 7.98. The third-order valence-electron chi connectivity index (χ3n) is 6.57. The molecule has 1 fully saturated rings. The van der Waals surface area contributed by atoms with Gasteiger partial charge < -0.3 is 14.6 Å². The van der Waals surface area contributed by atoms with E-state index in [9.17, 15) is 9.59 Å². The van der Waals surface area contributed by atoms with E-state index in [2.05, 4.69) is 15.4 Å². The lowest BCUT2D eigenvalue weighted by Crippen LogP contribution is -2.38. The monoisotopic (exact) mass is 530 g/mol. The fourth-order valence-corrected chi connectivity index (χ4v) is 5.33. The van der Waals surface area contributed by atoms with Gasteiger partial charge in [-0.2, -0.15) is 16.9 Å². The molecule has 0 bridgehead atoms. The Morgan fingerprint density at radius 3 is 2.71 bits per heavy atom.